The van der Waals surface area contributed by atoms with E-state index in [-0.39, 0.29) is 0 Å². The van der Waals surface area contributed by atoms with Crippen LogP contribution in [0.4, 0.5) is 0 Å². The quantitative estimate of drug-likeness (QED) is 0.404. The number of aromatic nitrogens is 4. The van der Waals surface area contributed by atoms with Crippen LogP contribution in [0.2, 0.25) is 0 Å². The van der Waals surface area contributed by atoms with Crippen LogP contribution >= 0.6 is 0 Å². The predicted molar refractivity (Wildman–Crippen MR) is 129 cm³/mol. The Hall–Kier alpha value is -3.83. The molecule has 0 spiro atoms. The summed E-state index contributed by atoms with van der Waals surface area (Å²) in [5.41, 5.74) is 7.27. The first-order valence-corrected chi connectivity index (χ1v) is 10.8. The van der Waals surface area contributed by atoms with Crippen molar-refractivity contribution in [3.8, 4) is 22.5 Å². The second kappa shape index (κ2) is 8.73. The molecule has 0 aliphatic heterocycles. The first-order chi connectivity index (χ1) is 15.7. The minimum Gasteiger partial charge on any atom is -0.361 e. The highest BCUT2D eigenvalue weighted by atomic mass is 15.2. The van der Waals surface area contributed by atoms with Gasteiger partial charge < -0.3 is 9.88 Å². The van der Waals surface area contributed by atoms with Crippen LogP contribution in [0.25, 0.3) is 33.4 Å². The van der Waals surface area contributed by atoms with Crippen molar-refractivity contribution in [2.75, 3.05) is 14.1 Å². The number of nitrogens with zero attached hydrogens (tertiary/aromatic N) is 4. The maximum absolute atomic E-state index is 4.99. The van der Waals surface area contributed by atoms with Crippen molar-refractivity contribution >= 4 is 10.9 Å². The third-order valence-corrected chi connectivity index (χ3v) is 5.53. The minimum atomic E-state index is 0.623. The number of fused-ring (bicyclic) bond motifs is 1. The van der Waals surface area contributed by atoms with Gasteiger partial charge >= 0.3 is 0 Å². The summed E-state index contributed by atoms with van der Waals surface area (Å²) in [6.45, 7) is 0.902. The molecule has 0 saturated carbocycles. The summed E-state index contributed by atoms with van der Waals surface area (Å²) in [6, 6.07) is 27.0. The van der Waals surface area contributed by atoms with Crippen molar-refractivity contribution in [2.24, 2.45) is 0 Å². The highest BCUT2D eigenvalue weighted by Crippen LogP contribution is 2.29. The predicted octanol–water partition coefficient (Wildman–Crippen LogP) is 5.34. The van der Waals surface area contributed by atoms with Crippen LogP contribution in [0.15, 0.2) is 85.1 Å². The minimum absolute atomic E-state index is 0.623. The lowest BCUT2D eigenvalue weighted by molar-refractivity contribution is 0.402. The summed E-state index contributed by atoms with van der Waals surface area (Å²) in [4.78, 5) is 10.5. The average molecular weight is 420 g/mol. The van der Waals surface area contributed by atoms with Crippen molar-refractivity contribution in [3.63, 3.8) is 0 Å². The number of hydrogen-bond acceptors (Lipinski definition) is 4. The van der Waals surface area contributed by atoms with E-state index in [1.165, 1.54) is 16.5 Å². The van der Waals surface area contributed by atoms with Gasteiger partial charge in [-0.05, 0) is 31.3 Å². The van der Waals surface area contributed by atoms with E-state index in [1.807, 2.05) is 30.5 Å². The Labute approximate surface area is 187 Å². The topological polar surface area (TPSA) is 57.7 Å². The summed E-state index contributed by atoms with van der Waals surface area (Å²) < 4.78 is 0. The zero-order chi connectivity index (χ0) is 21.9. The van der Waals surface area contributed by atoms with Crippen LogP contribution in [-0.2, 0) is 13.0 Å². The van der Waals surface area contributed by atoms with Crippen LogP contribution in [0, 0.1) is 0 Å². The van der Waals surface area contributed by atoms with Crippen molar-refractivity contribution in [1.29, 1.82) is 0 Å². The molecule has 2 heterocycles. The highest BCUT2D eigenvalue weighted by Gasteiger charge is 2.15. The Balaban J connectivity index is 1.56. The Kier molecular flexibility index (Phi) is 5.48. The van der Waals surface area contributed by atoms with E-state index in [0.717, 1.165) is 34.6 Å². The number of para-hydroxylation sites is 1. The summed E-state index contributed by atoms with van der Waals surface area (Å²) in [5.74, 6) is 0.710. The number of hydrogen-bond donors (Lipinski definition) is 1. The van der Waals surface area contributed by atoms with Gasteiger partial charge in [-0.15, -0.1) is 10.2 Å². The van der Waals surface area contributed by atoms with Gasteiger partial charge in [-0.25, -0.2) is 4.98 Å². The third-order valence-electron chi connectivity index (χ3n) is 5.53. The van der Waals surface area contributed by atoms with Gasteiger partial charge in [-0.1, -0.05) is 72.8 Å². The van der Waals surface area contributed by atoms with Crippen molar-refractivity contribution in [3.05, 3.63) is 102 Å². The Morgan fingerprint density at radius 2 is 1.47 bits per heavy atom. The van der Waals surface area contributed by atoms with E-state index in [0.29, 0.717) is 12.2 Å². The zero-order valence-corrected chi connectivity index (χ0v) is 18.3. The molecule has 3 aromatic carbocycles. The number of benzene rings is 3. The fourth-order valence-corrected chi connectivity index (χ4v) is 4.01. The molecule has 32 heavy (non-hydrogen) atoms. The first-order valence-electron chi connectivity index (χ1n) is 10.8. The molecular weight excluding hydrogens is 394 g/mol. The molecule has 0 fully saturated rings. The molecule has 2 aromatic heterocycles. The molecule has 5 aromatic rings. The van der Waals surface area contributed by atoms with Gasteiger partial charge in [-0.2, -0.15) is 0 Å². The fourth-order valence-electron chi connectivity index (χ4n) is 4.01. The van der Waals surface area contributed by atoms with Crippen molar-refractivity contribution in [2.45, 2.75) is 13.0 Å². The molecule has 0 amide bonds. The normalized spacial score (nSPS) is 11.3. The summed E-state index contributed by atoms with van der Waals surface area (Å²) >= 11 is 0. The van der Waals surface area contributed by atoms with Gasteiger partial charge in [0.1, 0.15) is 11.4 Å². The summed E-state index contributed by atoms with van der Waals surface area (Å²) in [7, 11) is 4.15. The summed E-state index contributed by atoms with van der Waals surface area (Å²) in [5, 5.41) is 10.3. The van der Waals surface area contributed by atoms with Crippen molar-refractivity contribution < 1.29 is 0 Å². The number of aromatic amines is 1. The van der Waals surface area contributed by atoms with E-state index in [4.69, 9.17) is 4.98 Å². The average Bonchev–Trinajstić information content (AvgIpc) is 3.23. The van der Waals surface area contributed by atoms with Gasteiger partial charge in [0.15, 0.2) is 5.82 Å². The van der Waals surface area contributed by atoms with Gasteiger partial charge in [-0.3, -0.25) is 0 Å². The lowest BCUT2D eigenvalue weighted by atomic mass is 10.0. The SMILES string of the molecule is CN(C)Cc1ccc(-c2nc(Cc3c[nH]c4ccccc34)nnc2-c2ccccc2)cc1. The number of H-pyrrole nitrogens is 1. The molecule has 0 bridgehead atoms. The summed E-state index contributed by atoms with van der Waals surface area (Å²) in [6.07, 6.45) is 2.66. The molecule has 0 aliphatic rings. The van der Waals surface area contributed by atoms with E-state index in [2.05, 4.69) is 88.8 Å². The van der Waals surface area contributed by atoms with Gasteiger partial charge in [0.2, 0.25) is 0 Å². The zero-order valence-electron chi connectivity index (χ0n) is 18.3. The van der Waals surface area contributed by atoms with E-state index in [9.17, 15) is 0 Å². The number of rotatable bonds is 6. The standard InChI is InChI=1S/C27H25N5/c1-32(2)18-19-12-14-21(15-13-19)26-27(20-8-4-3-5-9-20)31-30-25(29-26)16-22-17-28-24-11-7-6-10-23(22)24/h3-15,17,28H,16,18H2,1-2H3. The molecule has 5 rings (SSSR count). The molecule has 0 saturated heterocycles. The Morgan fingerprint density at radius 3 is 2.25 bits per heavy atom. The lowest BCUT2D eigenvalue weighted by Gasteiger charge is -2.12. The second-order valence-electron chi connectivity index (χ2n) is 8.26. The molecule has 0 radical (unpaired) electrons. The molecular formula is C27H25N5. The van der Waals surface area contributed by atoms with Crippen LogP contribution in [-0.4, -0.2) is 39.2 Å². The maximum Gasteiger partial charge on any atom is 0.156 e. The third kappa shape index (κ3) is 4.15. The monoisotopic (exact) mass is 419 g/mol. The Bertz CT molecular complexity index is 1340. The number of nitrogens with one attached hydrogen (secondary N) is 1. The molecule has 0 aliphatic carbocycles. The van der Waals surface area contributed by atoms with Gasteiger partial charge in [0, 0.05) is 41.2 Å². The van der Waals surface area contributed by atoms with Gasteiger partial charge in [0.05, 0.1) is 0 Å². The van der Waals surface area contributed by atoms with E-state index in [1.54, 1.807) is 0 Å². The van der Waals surface area contributed by atoms with Gasteiger partial charge in [0.25, 0.3) is 0 Å². The first kappa shape index (κ1) is 20.1. The largest absolute Gasteiger partial charge is 0.361 e. The lowest BCUT2D eigenvalue weighted by Crippen LogP contribution is -2.10. The molecule has 5 nitrogen and oxygen atoms in total. The molecule has 1 N–H and O–H groups in total. The van der Waals surface area contributed by atoms with Crippen LogP contribution < -0.4 is 0 Å². The molecule has 158 valence electrons. The fraction of sp³-hybridized carbons (Fsp3) is 0.148. The van der Waals surface area contributed by atoms with Crippen LogP contribution in [0.3, 0.4) is 0 Å². The Morgan fingerprint density at radius 1 is 0.750 bits per heavy atom. The molecule has 0 atom stereocenters. The highest BCUT2D eigenvalue weighted by molar-refractivity contribution is 5.83. The maximum atomic E-state index is 4.99. The van der Waals surface area contributed by atoms with Crippen LogP contribution in [0.1, 0.15) is 17.0 Å². The van der Waals surface area contributed by atoms with E-state index < -0.39 is 0 Å². The molecule has 0 unspecified atom stereocenters. The van der Waals surface area contributed by atoms with Crippen molar-refractivity contribution in [1.82, 2.24) is 25.1 Å². The smallest absolute Gasteiger partial charge is 0.156 e. The van der Waals surface area contributed by atoms with E-state index >= 15 is 0 Å². The van der Waals surface area contributed by atoms with Crippen LogP contribution in [0.5, 0.6) is 0 Å². The second-order valence-corrected chi connectivity index (χ2v) is 8.26. The molecule has 5 heteroatoms.